The standard InChI is InChI=1S/C17H15F2NS/c1-10-8-20-17(10)12-6-7-14(18)16(19)11(12)9-21-15-5-3-2-4-13(15)17/h2-7,10,20H,8-9H2,1H3/t10?,17-/m1/s1. The van der Waals surface area contributed by atoms with E-state index in [9.17, 15) is 8.78 Å². The Morgan fingerprint density at radius 2 is 1.95 bits per heavy atom. The van der Waals surface area contributed by atoms with Gasteiger partial charge in [-0.15, -0.1) is 11.8 Å². The Balaban J connectivity index is 2.04. The smallest absolute Gasteiger partial charge is 0.163 e. The Bertz CT molecular complexity index is 731. The monoisotopic (exact) mass is 303 g/mol. The predicted octanol–water partition coefficient (Wildman–Crippen LogP) is 4.05. The van der Waals surface area contributed by atoms with Crippen LogP contribution in [0, 0.1) is 17.6 Å². The molecule has 0 aliphatic carbocycles. The van der Waals surface area contributed by atoms with Gasteiger partial charge >= 0.3 is 0 Å². The van der Waals surface area contributed by atoms with Crippen LogP contribution >= 0.6 is 11.8 Å². The fourth-order valence-corrected chi connectivity index (χ4v) is 4.69. The molecule has 2 heterocycles. The third-order valence-electron chi connectivity index (χ3n) is 4.73. The van der Waals surface area contributed by atoms with Crippen molar-refractivity contribution in [2.24, 2.45) is 5.92 Å². The second-order valence-electron chi connectivity index (χ2n) is 5.76. The molecule has 1 saturated heterocycles. The highest BCUT2D eigenvalue weighted by molar-refractivity contribution is 7.98. The van der Waals surface area contributed by atoms with Gasteiger partial charge in [0.1, 0.15) is 0 Å². The SMILES string of the molecule is CC1CN[C@]12c1ccccc1SCc1c2ccc(F)c1F. The molecule has 108 valence electrons. The molecule has 1 unspecified atom stereocenters. The van der Waals surface area contributed by atoms with E-state index >= 15 is 0 Å². The van der Waals surface area contributed by atoms with Crippen LogP contribution in [-0.4, -0.2) is 6.54 Å². The van der Waals surface area contributed by atoms with Crippen LogP contribution in [0.1, 0.15) is 23.6 Å². The lowest BCUT2D eigenvalue weighted by atomic mass is 9.67. The van der Waals surface area contributed by atoms with E-state index in [4.69, 9.17) is 0 Å². The molecule has 0 radical (unpaired) electrons. The molecule has 0 bridgehead atoms. The van der Waals surface area contributed by atoms with Gasteiger partial charge in [-0.25, -0.2) is 8.78 Å². The third-order valence-corrected chi connectivity index (χ3v) is 5.83. The molecule has 0 amide bonds. The summed E-state index contributed by atoms with van der Waals surface area (Å²) in [5, 5.41) is 3.51. The van der Waals surface area contributed by atoms with Gasteiger partial charge in [0.15, 0.2) is 11.6 Å². The summed E-state index contributed by atoms with van der Waals surface area (Å²) in [5.74, 6) is -0.650. The lowest BCUT2D eigenvalue weighted by molar-refractivity contribution is 0.155. The van der Waals surface area contributed by atoms with E-state index < -0.39 is 11.6 Å². The van der Waals surface area contributed by atoms with E-state index in [1.165, 1.54) is 11.6 Å². The van der Waals surface area contributed by atoms with Crippen molar-refractivity contribution in [1.82, 2.24) is 5.32 Å². The molecule has 2 aliphatic heterocycles. The average molecular weight is 303 g/mol. The molecule has 2 aromatic carbocycles. The normalized spacial score (nSPS) is 26.7. The summed E-state index contributed by atoms with van der Waals surface area (Å²) < 4.78 is 27.9. The summed E-state index contributed by atoms with van der Waals surface area (Å²) >= 11 is 1.58. The van der Waals surface area contributed by atoms with Crippen LogP contribution in [-0.2, 0) is 11.3 Å². The zero-order chi connectivity index (χ0) is 14.6. The van der Waals surface area contributed by atoms with Crippen molar-refractivity contribution < 1.29 is 8.78 Å². The van der Waals surface area contributed by atoms with Crippen LogP contribution in [0.2, 0.25) is 0 Å². The summed E-state index contributed by atoms with van der Waals surface area (Å²) in [7, 11) is 0. The maximum absolute atomic E-state index is 14.3. The number of benzene rings is 2. The van der Waals surface area contributed by atoms with Crippen LogP contribution in [0.4, 0.5) is 8.78 Å². The van der Waals surface area contributed by atoms with Gasteiger partial charge in [-0.05, 0) is 29.2 Å². The van der Waals surface area contributed by atoms with E-state index in [2.05, 4.69) is 24.4 Å². The summed E-state index contributed by atoms with van der Waals surface area (Å²) in [5.41, 5.74) is 2.18. The maximum atomic E-state index is 14.3. The number of fused-ring (bicyclic) bond motifs is 4. The minimum atomic E-state index is -0.762. The number of thioether (sulfide) groups is 1. The molecular formula is C17H15F2NS. The Kier molecular flexibility index (Phi) is 2.88. The lowest BCUT2D eigenvalue weighted by Gasteiger charge is -2.51. The van der Waals surface area contributed by atoms with E-state index in [0.717, 1.165) is 17.0 Å². The second-order valence-corrected chi connectivity index (χ2v) is 6.78. The number of hydrogen-bond acceptors (Lipinski definition) is 2. The Labute approximate surface area is 126 Å². The van der Waals surface area contributed by atoms with Gasteiger partial charge in [-0.3, -0.25) is 0 Å². The molecule has 0 saturated carbocycles. The summed E-state index contributed by atoms with van der Waals surface area (Å²) in [6.07, 6.45) is 0. The Hall–Kier alpha value is -1.39. The molecule has 1 spiro atoms. The van der Waals surface area contributed by atoms with Crippen LogP contribution < -0.4 is 5.32 Å². The van der Waals surface area contributed by atoms with Crippen molar-refractivity contribution in [3.8, 4) is 0 Å². The number of halogens is 2. The Morgan fingerprint density at radius 3 is 2.67 bits per heavy atom. The topological polar surface area (TPSA) is 12.0 Å². The molecule has 2 atom stereocenters. The van der Waals surface area contributed by atoms with E-state index in [1.807, 2.05) is 12.1 Å². The molecule has 2 aromatic rings. The molecule has 2 aliphatic rings. The first-order valence-electron chi connectivity index (χ1n) is 7.09. The molecule has 1 fully saturated rings. The summed E-state index contributed by atoms with van der Waals surface area (Å²) in [6, 6.07) is 11.2. The van der Waals surface area contributed by atoms with Crippen molar-refractivity contribution in [3.05, 3.63) is 64.7 Å². The van der Waals surface area contributed by atoms with E-state index in [0.29, 0.717) is 17.2 Å². The third kappa shape index (κ3) is 1.66. The van der Waals surface area contributed by atoms with Gasteiger partial charge < -0.3 is 5.32 Å². The van der Waals surface area contributed by atoms with Gasteiger partial charge in [0.2, 0.25) is 0 Å². The number of nitrogens with one attached hydrogen (secondary N) is 1. The molecule has 4 rings (SSSR count). The largest absolute Gasteiger partial charge is 0.303 e. The average Bonchev–Trinajstić information content (AvgIpc) is 2.65. The minimum Gasteiger partial charge on any atom is -0.303 e. The van der Waals surface area contributed by atoms with E-state index in [-0.39, 0.29) is 5.54 Å². The highest BCUT2D eigenvalue weighted by atomic mass is 32.2. The minimum absolute atomic E-state index is 0.348. The summed E-state index contributed by atoms with van der Waals surface area (Å²) in [4.78, 5) is 1.15. The first kappa shape index (κ1) is 13.3. The van der Waals surface area contributed by atoms with Crippen molar-refractivity contribution in [2.75, 3.05) is 6.54 Å². The Morgan fingerprint density at radius 1 is 1.14 bits per heavy atom. The lowest BCUT2D eigenvalue weighted by Crippen LogP contribution is -2.62. The molecule has 1 N–H and O–H groups in total. The number of hydrogen-bond donors (Lipinski definition) is 1. The second kappa shape index (κ2) is 4.55. The molecular weight excluding hydrogens is 288 g/mol. The van der Waals surface area contributed by atoms with Gasteiger partial charge in [-0.2, -0.15) is 0 Å². The van der Waals surface area contributed by atoms with Gasteiger partial charge in [0.25, 0.3) is 0 Å². The zero-order valence-electron chi connectivity index (χ0n) is 11.6. The highest BCUT2D eigenvalue weighted by Gasteiger charge is 2.50. The first-order valence-corrected chi connectivity index (χ1v) is 8.08. The maximum Gasteiger partial charge on any atom is 0.163 e. The van der Waals surface area contributed by atoms with Crippen molar-refractivity contribution in [2.45, 2.75) is 23.1 Å². The molecule has 0 aromatic heterocycles. The number of rotatable bonds is 0. The predicted molar refractivity (Wildman–Crippen MR) is 80.3 cm³/mol. The fraction of sp³-hybridized carbons (Fsp3) is 0.294. The molecule has 21 heavy (non-hydrogen) atoms. The van der Waals surface area contributed by atoms with Gasteiger partial charge in [-0.1, -0.05) is 31.2 Å². The van der Waals surface area contributed by atoms with Gasteiger partial charge in [0, 0.05) is 22.8 Å². The van der Waals surface area contributed by atoms with Crippen LogP contribution in [0.5, 0.6) is 0 Å². The van der Waals surface area contributed by atoms with Crippen molar-refractivity contribution >= 4 is 11.8 Å². The molecule has 1 nitrogen and oxygen atoms in total. The summed E-state index contributed by atoms with van der Waals surface area (Å²) in [6.45, 7) is 3.05. The van der Waals surface area contributed by atoms with Crippen molar-refractivity contribution in [3.63, 3.8) is 0 Å². The van der Waals surface area contributed by atoms with Crippen LogP contribution in [0.25, 0.3) is 0 Å². The van der Waals surface area contributed by atoms with E-state index in [1.54, 1.807) is 17.8 Å². The van der Waals surface area contributed by atoms with Crippen LogP contribution in [0.3, 0.4) is 0 Å². The zero-order valence-corrected chi connectivity index (χ0v) is 12.4. The van der Waals surface area contributed by atoms with Gasteiger partial charge in [0.05, 0.1) is 5.54 Å². The first-order chi connectivity index (χ1) is 10.1. The highest BCUT2D eigenvalue weighted by Crippen LogP contribution is 2.50. The fourth-order valence-electron chi connectivity index (χ4n) is 3.55. The molecule has 4 heteroatoms. The van der Waals surface area contributed by atoms with Crippen molar-refractivity contribution in [1.29, 1.82) is 0 Å². The van der Waals surface area contributed by atoms with Crippen LogP contribution in [0.15, 0.2) is 41.3 Å². The quantitative estimate of drug-likeness (QED) is 0.788.